The fourth-order valence-electron chi connectivity index (χ4n) is 2.02. The Morgan fingerprint density at radius 3 is 2.89 bits per heavy atom. The third-order valence-electron chi connectivity index (χ3n) is 2.77. The Hall–Kier alpha value is -1.48. The van der Waals surface area contributed by atoms with Gasteiger partial charge < -0.3 is 9.88 Å². The zero-order chi connectivity index (χ0) is 13.1. The highest BCUT2D eigenvalue weighted by atomic mass is 35.5. The van der Waals surface area contributed by atoms with E-state index in [0.717, 1.165) is 15.9 Å². The normalized spacial score (nSPS) is 11.1. The molecule has 1 heterocycles. The largest absolute Gasteiger partial charge is 0.354 e. The highest BCUT2D eigenvalue weighted by Gasteiger charge is 2.07. The third-order valence-corrected chi connectivity index (χ3v) is 3.07. The molecular formula is C14H17ClN2O. The summed E-state index contributed by atoms with van der Waals surface area (Å²) >= 11 is 6.18. The first kappa shape index (κ1) is 13.0. The highest BCUT2D eigenvalue weighted by Crippen LogP contribution is 2.24. The summed E-state index contributed by atoms with van der Waals surface area (Å²) in [5, 5.41) is 4.71. The van der Waals surface area contributed by atoms with Crippen molar-refractivity contribution in [2.45, 2.75) is 32.9 Å². The second-order valence-electron chi connectivity index (χ2n) is 4.66. The van der Waals surface area contributed by atoms with E-state index in [1.807, 2.05) is 48.9 Å². The molecule has 1 amide bonds. The van der Waals surface area contributed by atoms with Crippen LogP contribution >= 0.6 is 11.6 Å². The minimum atomic E-state index is 0.0684. The number of nitrogens with one attached hydrogen (secondary N) is 1. The van der Waals surface area contributed by atoms with E-state index in [2.05, 4.69) is 5.32 Å². The maximum Gasteiger partial charge on any atom is 0.221 e. The fraction of sp³-hybridized carbons (Fsp3) is 0.357. The Morgan fingerprint density at radius 2 is 2.17 bits per heavy atom. The molecule has 0 saturated heterocycles. The number of aromatic nitrogens is 1. The van der Waals surface area contributed by atoms with Crippen molar-refractivity contribution in [1.29, 1.82) is 0 Å². The summed E-state index contributed by atoms with van der Waals surface area (Å²) < 4.78 is 2.03. The average molecular weight is 265 g/mol. The van der Waals surface area contributed by atoms with Gasteiger partial charge in [-0.25, -0.2) is 0 Å². The molecule has 1 N–H and O–H groups in total. The van der Waals surface area contributed by atoms with Gasteiger partial charge in [0.2, 0.25) is 5.91 Å². The van der Waals surface area contributed by atoms with Crippen molar-refractivity contribution in [3.8, 4) is 0 Å². The van der Waals surface area contributed by atoms with Gasteiger partial charge in [0.1, 0.15) is 0 Å². The summed E-state index contributed by atoms with van der Waals surface area (Å²) in [6.45, 7) is 4.56. The molecule has 0 spiro atoms. The minimum absolute atomic E-state index is 0.0684. The van der Waals surface area contributed by atoms with Crippen LogP contribution < -0.4 is 5.32 Å². The lowest BCUT2D eigenvalue weighted by atomic mass is 10.2. The van der Waals surface area contributed by atoms with E-state index in [9.17, 15) is 4.79 Å². The molecule has 0 atom stereocenters. The highest BCUT2D eigenvalue weighted by molar-refractivity contribution is 6.35. The number of halogens is 1. The van der Waals surface area contributed by atoms with Crippen molar-refractivity contribution in [3.05, 3.63) is 35.5 Å². The number of carbonyl (C=O) groups is 1. The molecule has 0 bridgehead atoms. The van der Waals surface area contributed by atoms with Crippen LogP contribution in [0.4, 0.5) is 0 Å². The Bertz CT molecular complexity index is 560. The van der Waals surface area contributed by atoms with E-state index in [0.29, 0.717) is 13.0 Å². The SMILES string of the molecule is CC(C)NC(=O)CCn1ccc2cccc(Cl)c21. The first-order valence-electron chi connectivity index (χ1n) is 6.10. The number of para-hydroxylation sites is 1. The molecule has 1 aromatic heterocycles. The third kappa shape index (κ3) is 2.85. The van der Waals surface area contributed by atoms with Crippen molar-refractivity contribution >= 4 is 28.4 Å². The van der Waals surface area contributed by atoms with Crippen molar-refractivity contribution in [2.24, 2.45) is 0 Å². The summed E-state index contributed by atoms with van der Waals surface area (Å²) in [4.78, 5) is 11.6. The summed E-state index contributed by atoms with van der Waals surface area (Å²) in [5.74, 6) is 0.0684. The van der Waals surface area contributed by atoms with Crippen LogP contribution in [0.25, 0.3) is 10.9 Å². The van der Waals surface area contributed by atoms with Crippen LogP contribution in [0.1, 0.15) is 20.3 Å². The van der Waals surface area contributed by atoms with Gasteiger partial charge in [0.05, 0.1) is 10.5 Å². The van der Waals surface area contributed by atoms with Crippen LogP contribution in [0.5, 0.6) is 0 Å². The lowest BCUT2D eigenvalue weighted by Crippen LogP contribution is -2.30. The van der Waals surface area contributed by atoms with E-state index < -0.39 is 0 Å². The Kier molecular flexibility index (Phi) is 3.92. The fourth-order valence-corrected chi connectivity index (χ4v) is 2.31. The van der Waals surface area contributed by atoms with E-state index in [4.69, 9.17) is 11.6 Å². The predicted octanol–water partition coefficient (Wildman–Crippen LogP) is 3.21. The lowest BCUT2D eigenvalue weighted by Gasteiger charge is -2.09. The van der Waals surface area contributed by atoms with Crippen molar-refractivity contribution in [3.63, 3.8) is 0 Å². The first-order chi connectivity index (χ1) is 8.58. The Labute approximate surface area is 112 Å². The molecule has 0 fully saturated rings. The van der Waals surface area contributed by atoms with Crippen LogP contribution in [0.15, 0.2) is 30.5 Å². The van der Waals surface area contributed by atoms with Gasteiger partial charge in [0.25, 0.3) is 0 Å². The number of amides is 1. The Morgan fingerprint density at radius 1 is 1.39 bits per heavy atom. The molecule has 0 radical (unpaired) electrons. The minimum Gasteiger partial charge on any atom is -0.354 e. The summed E-state index contributed by atoms with van der Waals surface area (Å²) in [5.41, 5.74) is 0.997. The first-order valence-corrected chi connectivity index (χ1v) is 6.48. The number of hydrogen-bond acceptors (Lipinski definition) is 1. The average Bonchev–Trinajstić information content (AvgIpc) is 2.70. The molecule has 1 aromatic carbocycles. The quantitative estimate of drug-likeness (QED) is 0.904. The number of fused-ring (bicyclic) bond motifs is 1. The van der Waals surface area contributed by atoms with E-state index >= 15 is 0 Å². The van der Waals surface area contributed by atoms with E-state index in [-0.39, 0.29) is 11.9 Å². The van der Waals surface area contributed by atoms with E-state index in [1.54, 1.807) is 0 Å². The van der Waals surface area contributed by atoms with Crippen LogP contribution in [0.2, 0.25) is 5.02 Å². The molecule has 0 aliphatic carbocycles. The molecule has 18 heavy (non-hydrogen) atoms. The second kappa shape index (κ2) is 5.44. The zero-order valence-corrected chi connectivity index (χ0v) is 11.4. The smallest absolute Gasteiger partial charge is 0.221 e. The second-order valence-corrected chi connectivity index (χ2v) is 5.07. The van der Waals surface area contributed by atoms with Gasteiger partial charge in [-0.2, -0.15) is 0 Å². The molecular weight excluding hydrogens is 248 g/mol. The van der Waals surface area contributed by atoms with Crippen LogP contribution in [0.3, 0.4) is 0 Å². The number of hydrogen-bond donors (Lipinski definition) is 1. The topological polar surface area (TPSA) is 34.0 Å². The number of carbonyl (C=O) groups excluding carboxylic acids is 1. The molecule has 0 aliphatic heterocycles. The van der Waals surface area contributed by atoms with Gasteiger partial charge in [-0.05, 0) is 26.0 Å². The molecule has 3 nitrogen and oxygen atoms in total. The zero-order valence-electron chi connectivity index (χ0n) is 10.6. The standard InChI is InChI=1S/C14H17ClN2O/c1-10(2)16-13(18)7-9-17-8-6-11-4-3-5-12(15)14(11)17/h3-6,8,10H,7,9H2,1-2H3,(H,16,18). The molecule has 0 unspecified atom stereocenters. The van der Waals surface area contributed by atoms with Gasteiger partial charge in [-0.15, -0.1) is 0 Å². The molecule has 0 aliphatic rings. The van der Waals surface area contributed by atoms with Crippen LogP contribution in [0, 0.1) is 0 Å². The summed E-state index contributed by atoms with van der Waals surface area (Å²) in [6, 6.07) is 8.02. The molecule has 2 rings (SSSR count). The summed E-state index contributed by atoms with van der Waals surface area (Å²) in [7, 11) is 0. The van der Waals surface area contributed by atoms with Crippen molar-refractivity contribution < 1.29 is 4.79 Å². The molecule has 4 heteroatoms. The maximum atomic E-state index is 11.6. The molecule has 0 saturated carbocycles. The van der Waals surface area contributed by atoms with Gasteiger partial charge in [0.15, 0.2) is 0 Å². The van der Waals surface area contributed by atoms with Crippen molar-refractivity contribution in [1.82, 2.24) is 9.88 Å². The molecule has 2 aromatic rings. The van der Waals surface area contributed by atoms with Gasteiger partial charge in [0, 0.05) is 30.6 Å². The monoisotopic (exact) mass is 264 g/mol. The number of benzene rings is 1. The Balaban J connectivity index is 2.11. The van der Waals surface area contributed by atoms with Gasteiger partial charge in [-0.3, -0.25) is 4.79 Å². The van der Waals surface area contributed by atoms with Gasteiger partial charge >= 0.3 is 0 Å². The number of aryl methyl sites for hydroxylation is 1. The van der Waals surface area contributed by atoms with Crippen LogP contribution in [-0.4, -0.2) is 16.5 Å². The van der Waals surface area contributed by atoms with Crippen molar-refractivity contribution in [2.75, 3.05) is 0 Å². The maximum absolute atomic E-state index is 11.6. The molecule has 96 valence electrons. The number of nitrogens with zero attached hydrogens (tertiary/aromatic N) is 1. The lowest BCUT2D eigenvalue weighted by molar-refractivity contribution is -0.121. The predicted molar refractivity (Wildman–Crippen MR) is 74.8 cm³/mol. The van der Waals surface area contributed by atoms with Gasteiger partial charge in [-0.1, -0.05) is 23.7 Å². The number of rotatable bonds is 4. The van der Waals surface area contributed by atoms with Crippen LogP contribution in [-0.2, 0) is 11.3 Å². The van der Waals surface area contributed by atoms with E-state index in [1.165, 1.54) is 0 Å². The summed E-state index contributed by atoms with van der Waals surface area (Å²) in [6.07, 6.45) is 2.44.